The summed E-state index contributed by atoms with van der Waals surface area (Å²) in [6.45, 7) is 5.51. The molecule has 0 aliphatic carbocycles. The number of benzene rings is 1. The van der Waals surface area contributed by atoms with Crippen molar-refractivity contribution in [2.45, 2.75) is 26.4 Å². The van der Waals surface area contributed by atoms with Crippen LogP contribution in [-0.2, 0) is 16.6 Å². The van der Waals surface area contributed by atoms with Crippen molar-refractivity contribution in [1.29, 1.82) is 0 Å². The Balaban J connectivity index is 2.07. The number of carbonyl (C=O) groups excluding carboxylic acids is 1. The maximum atomic E-state index is 12.3. The minimum atomic E-state index is -0.552. The number of aromatic nitrogens is 5. The van der Waals surface area contributed by atoms with Crippen LogP contribution in [0.4, 0.5) is 0 Å². The molecule has 0 amide bonds. The van der Waals surface area contributed by atoms with Crippen molar-refractivity contribution in [1.82, 2.24) is 24.5 Å². The number of nitrogens with zero attached hydrogens (tertiary/aromatic N) is 5. The second-order valence-electron chi connectivity index (χ2n) is 6.45. The zero-order valence-electron chi connectivity index (χ0n) is 14.1. The standard InChI is InChI=1S/C17H19N5O2/c1-17(2,3)24-16(23)10-14(22-8-7-18-11-22)12-5-6-13-15(9-12)21(4)20-19-13/h5-11H,1-4H3. The molecule has 7 heteroatoms. The largest absolute Gasteiger partial charge is 0.457 e. The van der Waals surface area contributed by atoms with Crippen molar-refractivity contribution in [3.63, 3.8) is 0 Å². The molecule has 0 atom stereocenters. The molecular weight excluding hydrogens is 306 g/mol. The topological polar surface area (TPSA) is 74.8 Å². The molecule has 3 rings (SSSR count). The molecule has 0 unspecified atom stereocenters. The third kappa shape index (κ3) is 3.34. The number of ether oxygens (including phenoxy) is 1. The highest BCUT2D eigenvalue weighted by Crippen LogP contribution is 2.22. The summed E-state index contributed by atoms with van der Waals surface area (Å²) in [6, 6.07) is 5.70. The van der Waals surface area contributed by atoms with E-state index < -0.39 is 11.6 Å². The van der Waals surface area contributed by atoms with Gasteiger partial charge in [-0.1, -0.05) is 11.3 Å². The number of fused-ring (bicyclic) bond motifs is 1. The van der Waals surface area contributed by atoms with Crippen molar-refractivity contribution in [2.24, 2.45) is 7.05 Å². The molecule has 3 aromatic rings. The molecule has 0 aliphatic rings. The molecule has 0 aliphatic heterocycles. The van der Waals surface area contributed by atoms with Gasteiger partial charge in [0.05, 0.1) is 17.5 Å². The van der Waals surface area contributed by atoms with Gasteiger partial charge in [0.25, 0.3) is 0 Å². The molecule has 0 bridgehead atoms. The Morgan fingerprint density at radius 2 is 2.08 bits per heavy atom. The zero-order valence-corrected chi connectivity index (χ0v) is 14.1. The summed E-state index contributed by atoms with van der Waals surface area (Å²) in [5, 5.41) is 8.08. The number of hydrogen-bond donors (Lipinski definition) is 0. The quantitative estimate of drug-likeness (QED) is 0.546. The van der Waals surface area contributed by atoms with Crippen molar-refractivity contribution < 1.29 is 9.53 Å². The molecule has 24 heavy (non-hydrogen) atoms. The van der Waals surface area contributed by atoms with Gasteiger partial charge in [-0.05, 0) is 32.9 Å². The van der Waals surface area contributed by atoms with Crippen LogP contribution < -0.4 is 0 Å². The van der Waals surface area contributed by atoms with Crippen molar-refractivity contribution in [3.8, 4) is 0 Å². The Hall–Kier alpha value is -2.96. The van der Waals surface area contributed by atoms with E-state index in [4.69, 9.17) is 4.74 Å². The van der Waals surface area contributed by atoms with Gasteiger partial charge in [-0.2, -0.15) is 0 Å². The minimum Gasteiger partial charge on any atom is -0.457 e. The van der Waals surface area contributed by atoms with Gasteiger partial charge in [-0.25, -0.2) is 14.5 Å². The Bertz CT molecular complexity index is 901. The first-order chi connectivity index (χ1) is 11.3. The first-order valence-electron chi connectivity index (χ1n) is 7.56. The lowest BCUT2D eigenvalue weighted by Gasteiger charge is -2.19. The van der Waals surface area contributed by atoms with Crippen molar-refractivity contribution >= 4 is 22.7 Å². The molecule has 2 aromatic heterocycles. The fourth-order valence-corrected chi connectivity index (χ4v) is 2.34. The van der Waals surface area contributed by atoms with Gasteiger partial charge in [0, 0.05) is 31.1 Å². The van der Waals surface area contributed by atoms with Crippen LogP contribution in [-0.4, -0.2) is 36.1 Å². The zero-order chi connectivity index (χ0) is 17.3. The number of hydrogen-bond acceptors (Lipinski definition) is 5. The average Bonchev–Trinajstić information content (AvgIpc) is 3.13. The lowest BCUT2D eigenvalue weighted by molar-refractivity contribution is -0.148. The van der Waals surface area contributed by atoms with Gasteiger partial charge in [0.15, 0.2) is 0 Å². The van der Waals surface area contributed by atoms with Crippen molar-refractivity contribution in [3.05, 3.63) is 48.6 Å². The predicted molar refractivity (Wildman–Crippen MR) is 90.0 cm³/mol. The Labute approximate surface area is 139 Å². The highest BCUT2D eigenvalue weighted by Gasteiger charge is 2.17. The average molecular weight is 325 g/mol. The second kappa shape index (κ2) is 5.92. The third-order valence-corrected chi connectivity index (χ3v) is 3.35. The fourth-order valence-electron chi connectivity index (χ4n) is 2.34. The van der Waals surface area contributed by atoms with Gasteiger partial charge in [0.1, 0.15) is 11.1 Å². The van der Waals surface area contributed by atoms with E-state index in [1.165, 1.54) is 6.08 Å². The summed E-state index contributed by atoms with van der Waals surface area (Å²) in [7, 11) is 1.83. The Kier molecular flexibility index (Phi) is 3.92. The smallest absolute Gasteiger partial charge is 0.333 e. The molecule has 0 fully saturated rings. The lowest BCUT2D eigenvalue weighted by Crippen LogP contribution is -2.23. The van der Waals surface area contributed by atoms with E-state index in [0.29, 0.717) is 5.70 Å². The number of carbonyl (C=O) groups is 1. The monoisotopic (exact) mass is 325 g/mol. The fraction of sp³-hybridized carbons (Fsp3) is 0.294. The highest BCUT2D eigenvalue weighted by molar-refractivity contribution is 5.93. The molecular formula is C17H19N5O2. The maximum absolute atomic E-state index is 12.3. The molecule has 0 radical (unpaired) electrons. The van der Waals surface area contributed by atoms with E-state index in [1.807, 2.05) is 46.0 Å². The first kappa shape index (κ1) is 15.9. The van der Waals surface area contributed by atoms with E-state index in [0.717, 1.165) is 16.6 Å². The van der Waals surface area contributed by atoms with Crippen LogP contribution in [0.5, 0.6) is 0 Å². The molecule has 0 spiro atoms. The highest BCUT2D eigenvalue weighted by atomic mass is 16.6. The number of aryl methyl sites for hydroxylation is 1. The number of esters is 1. The summed E-state index contributed by atoms with van der Waals surface area (Å²) in [5.74, 6) is -0.408. The Morgan fingerprint density at radius 3 is 2.75 bits per heavy atom. The van der Waals surface area contributed by atoms with E-state index >= 15 is 0 Å². The predicted octanol–water partition coefficient (Wildman–Crippen LogP) is 2.40. The summed E-state index contributed by atoms with van der Waals surface area (Å²) in [5.41, 5.74) is 2.64. The SMILES string of the molecule is Cn1nnc2ccc(C(=CC(=O)OC(C)(C)C)n3ccnc3)cc21. The van der Waals surface area contributed by atoms with Gasteiger partial charge in [0.2, 0.25) is 0 Å². The van der Waals surface area contributed by atoms with Gasteiger partial charge >= 0.3 is 5.97 Å². The molecule has 124 valence electrons. The lowest BCUT2D eigenvalue weighted by atomic mass is 10.1. The van der Waals surface area contributed by atoms with Crippen LogP contribution in [0, 0.1) is 0 Å². The van der Waals surface area contributed by atoms with Crippen LogP contribution >= 0.6 is 0 Å². The van der Waals surface area contributed by atoms with E-state index in [2.05, 4.69) is 15.3 Å². The second-order valence-corrected chi connectivity index (χ2v) is 6.45. The van der Waals surface area contributed by atoms with Crippen LogP contribution in [0.25, 0.3) is 16.7 Å². The van der Waals surface area contributed by atoms with Gasteiger partial charge < -0.3 is 9.30 Å². The molecule has 0 N–H and O–H groups in total. The van der Waals surface area contributed by atoms with Gasteiger partial charge in [-0.3, -0.25) is 0 Å². The number of rotatable bonds is 3. The van der Waals surface area contributed by atoms with Crippen molar-refractivity contribution in [2.75, 3.05) is 0 Å². The molecule has 1 aromatic carbocycles. The molecule has 7 nitrogen and oxygen atoms in total. The Morgan fingerprint density at radius 1 is 1.29 bits per heavy atom. The van der Waals surface area contributed by atoms with Gasteiger partial charge in [-0.15, -0.1) is 5.10 Å². The normalized spacial score (nSPS) is 12.6. The molecule has 0 saturated heterocycles. The maximum Gasteiger partial charge on any atom is 0.333 e. The molecule has 0 saturated carbocycles. The summed E-state index contributed by atoms with van der Waals surface area (Å²) in [4.78, 5) is 16.3. The summed E-state index contributed by atoms with van der Waals surface area (Å²) < 4.78 is 8.87. The molecule has 2 heterocycles. The third-order valence-electron chi connectivity index (χ3n) is 3.35. The minimum absolute atomic E-state index is 0.408. The summed E-state index contributed by atoms with van der Waals surface area (Å²) in [6.07, 6.45) is 6.55. The van der Waals surface area contributed by atoms with E-state index in [-0.39, 0.29) is 0 Å². The summed E-state index contributed by atoms with van der Waals surface area (Å²) >= 11 is 0. The first-order valence-corrected chi connectivity index (χ1v) is 7.56. The van der Waals surface area contributed by atoms with Crippen LogP contribution in [0.2, 0.25) is 0 Å². The van der Waals surface area contributed by atoms with E-state index in [9.17, 15) is 4.79 Å². The van der Waals surface area contributed by atoms with Crippen LogP contribution in [0.3, 0.4) is 0 Å². The van der Waals surface area contributed by atoms with Crippen LogP contribution in [0.1, 0.15) is 26.3 Å². The van der Waals surface area contributed by atoms with Crippen LogP contribution in [0.15, 0.2) is 43.0 Å². The number of imidazole rings is 1. The van der Waals surface area contributed by atoms with E-state index in [1.54, 1.807) is 28.0 Å².